The fourth-order valence-electron chi connectivity index (χ4n) is 4.49. The van der Waals surface area contributed by atoms with Crippen LogP contribution in [0.25, 0.3) is 5.57 Å². The minimum Gasteiger partial charge on any atom is -0.306 e. The maximum atomic E-state index is 2.46. The smallest absolute Gasteiger partial charge is 0.0158 e. The highest BCUT2D eigenvalue weighted by molar-refractivity contribution is 7.10. The van der Waals surface area contributed by atoms with Crippen molar-refractivity contribution < 1.29 is 0 Å². The molecule has 1 nitrogen and oxygen atoms in total. The molecular weight excluding hydrogens is 322 g/mol. The quantitative estimate of drug-likeness (QED) is 0.645. The highest BCUT2D eigenvalue weighted by Crippen LogP contribution is 2.45. The summed E-state index contributed by atoms with van der Waals surface area (Å²) >= 11 is 1.99. The molecule has 1 fully saturated rings. The van der Waals surface area contributed by atoms with Crippen molar-refractivity contribution in [3.8, 4) is 0 Å². The molecule has 0 bridgehead atoms. The number of unbranched alkanes of at least 4 members (excludes halogenated alkanes) is 1. The maximum Gasteiger partial charge on any atom is 0.0158 e. The van der Waals surface area contributed by atoms with Crippen molar-refractivity contribution in [2.24, 2.45) is 0 Å². The summed E-state index contributed by atoms with van der Waals surface area (Å²) in [5.74, 6) is 0.695. The first-order valence-electron chi connectivity index (χ1n) is 9.84. The molecule has 0 saturated carbocycles. The van der Waals surface area contributed by atoms with Gasteiger partial charge in [-0.05, 0) is 72.4 Å². The van der Waals surface area contributed by atoms with E-state index in [0.717, 1.165) is 0 Å². The van der Waals surface area contributed by atoms with Crippen LogP contribution in [0.4, 0.5) is 0 Å². The van der Waals surface area contributed by atoms with Crippen molar-refractivity contribution in [2.75, 3.05) is 20.1 Å². The Hall–Kier alpha value is -1.38. The number of nitrogens with zero attached hydrogens (tertiary/aromatic N) is 1. The summed E-state index contributed by atoms with van der Waals surface area (Å²) in [4.78, 5) is 4.11. The van der Waals surface area contributed by atoms with E-state index in [9.17, 15) is 0 Å². The topological polar surface area (TPSA) is 3.24 Å². The lowest BCUT2D eigenvalue weighted by Crippen LogP contribution is -2.27. The van der Waals surface area contributed by atoms with Gasteiger partial charge in [0.1, 0.15) is 0 Å². The Morgan fingerprint density at radius 1 is 1.08 bits per heavy atom. The molecular formula is C23H29NS. The Morgan fingerprint density at radius 2 is 1.88 bits per heavy atom. The second-order valence-electron chi connectivity index (χ2n) is 7.68. The molecule has 0 spiro atoms. The van der Waals surface area contributed by atoms with Crippen LogP contribution in [0.1, 0.15) is 66.5 Å². The van der Waals surface area contributed by atoms with Crippen LogP contribution in [0.3, 0.4) is 0 Å². The zero-order chi connectivity index (χ0) is 17.2. The lowest BCUT2D eigenvalue weighted by atomic mass is 9.88. The van der Waals surface area contributed by atoms with Crippen LogP contribution in [0.2, 0.25) is 0 Å². The molecule has 4 rings (SSSR count). The first kappa shape index (κ1) is 17.1. The summed E-state index contributed by atoms with van der Waals surface area (Å²) in [5, 5.41) is 2.33. The molecule has 2 heteroatoms. The molecule has 0 N–H and O–H groups in total. The summed E-state index contributed by atoms with van der Waals surface area (Å²) < 4.78 is 0. The lowest BCUT2D eigenvalue weighted by molar-refractivity contribution is 0.313. The molecule has 2 aliphatic rings. The minimum absolute atomic E-state index is 0.695. The van der Waals surface area contributed by atoms with E-state index in [1.165, 1.54) is 57.2 Å². The number of hydrogen-bond acceptors (Lipinski definition) is 2. The first-order chi connectivity index (χ1) is 12.3. The highest BCUT2D eigenvalue weighted by atomic mass is 32.1. The lowest BCUT2D eigenvalue weighted by Gasteiger charge is -2.27. The van der Waals surface area contributed by atoms with Crippen molar-refractivity contribution in [1.29, 1.82) is 0 Å². The number of likely N-dealkylation sites (tertiary alicyclic amines) is 1. The standard InChI is InChI=1S/C23H29NS/c1-3-4-7-19-16-18-8-5-6-9-20(18)22(21-12-15-25-23(19)21)17-10-13-24(2)14-11-17/h5-6,8-9,12,15,19H,3-4,7,10-11,13-14,16H2,1-2H3. The molecule has 0 amide bonds. The monoisotopic (exact) mass is 351 g/mol. The summed E-state index contributed by atoms with van der Waals surface area (Å²) in [5.41, 5.74) is 7.89. The van der Waals surface area contributed by atoms with Crippen LogP contribution in [-0.2, 0) is 6.42 Å². The second kappa shape index (κ2) is 7.47. The van der Waals surface area contributed by atoms with Crippen LogP contribution >= 0.6 is 11.3 Å². The summed E-state index contributed by atoms with van der Waals surface area (Å²) in [6, 6.07) is 11.6. The van der Waals surface area contributed by atoms with E-state index < -0.39 is 0 Å². The highest BCUT2D eigenvalue weighted by Gasteiger charge is 2.28. The predicted molar refractivity (Wildman–Crippen MR) is 109 cm³/mol. The summed E-state index contributed by atoms with van der Waals surface area (Å²) in [7, 11) is 2.25. The molecule has 132 valence electrons. The number of hydrogen-bond donors (Lipinski definition) is 0. The Morgan fingerprint density at radius 3 is 2.68 bits per heavy atom. The average molecular weight is 352 g/mol. The fourth-order valence-corrected chi connectivity index (χ4v) is 5.53. The Labute approximate surface area is 156 Å². The fraction of sp³-hybridized carbons (Fsp3) is 0.478. The number of piperidine rings is 1. The van der Waals surface area contributed by atoms with Crippen molar-refractivity contribution in [2.45, 2.75) is 51.4 Å². The van der Waals surface area contributed by atoms with E-state index in [0.29, 0.717) is 5.92 Å². The zero-order valence-electron chi connectivity index (χ0n) is 15.6. The second-order valence-corrected chi connectivity index (χ2v) is 8.63. The Bertz CT molecular complexity index is 760. The molecule has 1 unspecified atom stereocenters. The maximum absolute atomic E-state index is 2.46. The van der Waals surface area contributed by atoms with Gasteiger partial charge in [-0.3, -0.25) is 0 Å². The predicted octanol–water partition coefficient (Wildman–Crippen LogP) is 6.11. The van der Waals surface area contributed by atoms with Crippen molar-refractivity contribution in [3.63, 3.8) is 0 Å². The van der Waals surface area contributed by atoms with E-state index in [2.05, 4.69) is 54.6 Å². The summed E-state index contributed by atoms with van der Waals surface area (Å²) in [6.45, 7) is 4.70. The van der Waals surface area contributed by atoms with Gasteiger partial charge in [0.15, 0.2) is 0 Å². The molecule has 1 aromatic heterocycles. The Kier molecular flexibility index (Phi) is 5.10. The van der Waals surface area contributed by atoms with Gasteiger partial charge in [0, 0.05) is 18.0 Å². The van der Waals surface area contributed by atoms with Gasteiger partial charge < -0.3 is 4.90 Å². The summed E-state index contributed by atoms with van der Waals surface area (Å²) in [6.07, 6.45) is 7.59. The van der Waals surface area contributed by atoms with Crippen LogP contribution in [-0.4, -0.2) is 25.0 Å². The molecule has 25 heavy (non-hydrogen) atoms. The zero-order valence-corrected chi connectivity index (χ0v) is 16.4. The SMILES string of the molecule is CCCCC1Cc2ccccc2C(=C2CCN(C)CC2)c2ccsc21. The van der Waals surface area contributed by atoms with E-state index >= 15 is 0 Å². The minimum atomic E-state index is 0.695. The Balaban J connectivity index is 1.85. The third-order valence-corrected chi connectivity index (χ3v) is 7.02. The van der Waals surface area contributed by atoms with Gasteiger partial charge in [-0.25, -0.2) is 0 Å². The molecule has 2 aromatic rings. The number of rotatable bonds is 3. The first-order valence-corrected chi connectivity index (χ1v) is 10.7. The van der Waals surface area contributed by atoms with Crippen molar-refractivity contribution in [1.82, 2.24) is 4.90 Å². The molecule has 0 radical (unpaired) electrons. The van der Waals surface area contributed by atoms with Crippen molar-refractivity contribution in [3.05, 3.63) is 62.9 Å². The molecule has 1 aliphatic carbocycles. The van der Waals surface area contributed by atoms with Gasteiger partial charge in [0.2, 0.25) is 0 Å². The van der Waals surface area contributed by atoms with Gasteiger partial charge in [-0.1, -0.05) is 49.6 Å². The molecule has 2 heterocycles. The molecule has 1 aromatic carbocycles. The largest absolute Gasteiger partial charge is 0.306 e. The molecule has 1 aliphatic heterocycles. The average Bonchev–Trinajstić information content (AvgIpc) is 3.06. The van der Waals surface area contributed by atoms with Gasteiger partial charge in [-0.2, -0.15) is 0 Å². The van der Waals surface area contributed by atoms with Crippen LogP contribution < -0.4 is 0 Å². The van der Waals surface area contributed by atoms with E-state index in [1.807, 2.05) is 11.3 Å². The normalized spacial score (nSPS) is 21.0. The van der Waals surface area contributed by atoms with Gasteiger partial charge >= 0.3 is 0 Å². The van der Waals surface area contributed by atoms with E-state index in [-0.39, 0.29) is 0 Å². The van der Waals surface area contributed by atoms with Gasteiger partial charge in [0.25, 0.3) is 0 Å². The van der Waals surface area contributed by atoms with Gasteiger partial charge in [-0.15, -0.1) is 11.3 Å². The van der Waals surface area contributed by atoms with E-state index in [4.69, 9.17) is 0 Å². The number of benzene rings is 1. The number of fused-ring (bicyclic) bond motifs is 2. The number of thiophene rings is 1. The van der Waals surface area contributed by atoms with Gasteiger partial charge in [0.05, 0.1) is 0 Å². The third kappa shape index (κ3) is 3.35. The third-order valence-electron chi connectivity index (χ3n) is 5.94. The molecule has 1 saturated heterocycles. The van der Waals surface area contributed by atoms with Crippen LogP contribution in [0.5, 0.6) is 0 Å². The molecule has 1 atom stereocenters. The van der Waals surface area contributed by atoms with E-state index in [1.54, 1.807) is 27.2 Å². The van der Waals surface area contributed by atoms with Crippen LogP contribution in [0.15, 0.2) is 41.3 Å². The van der Waals surface area contributed by atoms with Crippen LogP contribution in [0, 0.1) is 0 Å². The van der Waals surface area contributed by atoms with Crippen molar-refractivity contribution >= 4 is 16.9 Å².